The lowest BCUT2D eigenvalue weighted by molar-refractivity contribution is 0.228. The molecule has 0 saturated heterocycles. The van der Waals surface area contributed by atoms with Gasteiger partial charge in [-0.2, -0.15) is 15.5 Å². The fourth-order valence-electron chi connectivity index (χ4n) is 12.9. The summed E-state index contributed by atoms with van der Waals surface area (Å²) in [5, 5.41) is 18.7. The zero-order valence-corrected chi connectivity index (χ0v) is 54.0. The highest BCUT2D eigenvalue weighted by atomic mass is 19.1. The molecule has 3 aliphatic rings. The molecule has 0 fully saturated rings. The number of hydrogen-bond acceptors (Lipinski definition) is 16. The molecule has 12 aromatic rings. The van der Waals surface area contributed by atoms with Crippen molar-refractivity contribution in [2.24, 2.45) is 0 Å². The van der Waals surface area contributed by atoms with Crippen LogP contribution in [0.1, 0.15) is 120 Å². The summed E-state index contributed by atoms with van der Waals surface area (Å²) in [5.74, 6) is 1.18. The summed E-state index contributed by atoms with van der Waals surface area (Å²) in [6, 6.07) is 27.4. The smallest absolute Gasteiger partial charge is 0.166 e. The molecular formula is C74H67F3N16O3. The molecule has 0 aliphatic carbocycles. The largest absolute Gasteiger partial charge is 0.482 e. The minimum absolute atomic E-state index is 0.163. The van der Waals surface area contributed by atoms with Crippen molar-refractivity contribution in [1.82, 2.24) is 59.0 Å². The number of aryl methyl sites for hydroxylation is 5. The van der Waals surface area contributed by atoms with Crippen molar-refractivity contribution >= 4 is 17.5 Å². The summed E-state index contributed by atoms with van der Waals surface area (Å²) < 4.78 is 69.0. The SMILES string of the molecule is CCn1ncc2c1-c1cnc(N)c(c1)O[C@H](C)c1cc(C)ccc1-c1cncc(F)c1C2.CCn1ncc2c1-c1cnc(N)c(c1)O[C@H](C)c1cc(C)ccc1-c1ncc(F)cc1C2.Cc1ccc2c(c1)[C@@H](C)Oc1cc(cnc1N)-c1c(C#N)ncn1Cc1c(F)cncc1-2. The number of pyridine rings is 6. The standard InChI is InChI=1S/2C25H24FN5O.C24H19FN6O/c1-4-31-24-16(11-30-31)8-20-21(12-28-13-22(20)26)18-6-5-14(2)7-19(18)15(3)32-23-9-17(24)10-29-25(23)27;1-4-31-24-17(12-30-31)8-16-9-19(26)13-28-23(16)20-6-5-14(2)7-21(20)15(3)32-22-10-18(24)11-29-25(22)27;1-13-3-4-16-17(5-13)14(2)32-22-6-15(8-29-24(22)27)23-21(7-26)30-12-31(23)11-19-18(16)9-28-10-20(19)25/h2*5-7,9-13,15H,4,8H2,1-3H3,(H2,27,29);3-6,8-10,12,14H,11H2,1-2H3,(H2,27,29)/t2*15-;14-/m111/s1. The van der Waals surface area contributed by atoms with E-state index in [1.165, 1.54) is 24.9 Å². The van der Waals surface area contributed by atoms with Crippen molar-refractivity contribution in [1.29, 1.82) is 5.26 Å². The molecule has 3 atom stereocenters. The van der Waals surface area contributed by atoms with E-state index in [1.54, 1.807) is 53.9 Å². The number of imidazole rings is 1. The molecule has 19 nitrogen and oxygen atoms in total. The third-order valence-electron chi connectivity index (χ3n) is 17.5. The van der Waals surface area contributed by atoms with E-state index in [1.807, 2.05) is 126 Å². The fraction of sp³-hybridized carbons (Fsp3) is 0.216. The van der Waals surface area contributed by atoms with Gasteiger partial charge < -0.3 is 36.0 Å². The molecule has 6 N–H and O–H groups in total. The summed E-state index contributed by atoms with van der Waals surface area (Å²) in [6.07, 6.45) is 17.1. The molecule has 482 valence electrons. The molecule has 12 heterocycles. The topological polar surface area (TPSA) is 260 Å². The van der Waals surface area contributed by atoms with Gasteiger partial charge in [-0.3, -0.25) is 24.3 Å². The molecule has 0 unspecified atom stereocenters. The molecular weight excluding hydrogens is 1220 g/mol. The van der Waals surface area contributed by atoms with Crippen LogP contribution in [-0.2, 0) is 32.5 Å². The van der Waals surface area contributed by atoms with E-state index in [0.29, 0.717) is 82.8 Å². The summed E-state index contributed by atoms with van der Waals surface area (Å²) in [7, 11) is 0. The molecule has 3 aliphatic heterocycles. The molecule has 6 bridgehead atoms. The Morgan fingerprint density at radius 2 is 0.938 bits per heavy atom. The molecule has 0 spiro atoms. The highest BCUT2D eigenvalue weighted by Crippen LogP contribution is 2.43. The van der Waals surface area contributed by atoms with Gasteiger partial charge in [-0.15, -0.1) is 0 Å². The number of hydrogen-bond donors (Lipinski definition) is 3. The number of nitrogen functional groups attached to an aromatic ring is 3. The van der Waals surface area contributed by atoms with Crippen molar-refractivity contribution in [3.8, 4) is 90.6 Å². The predicted molar refractivity (Wildman–Crippen MR) is 361 cm³/mol. The van der Waals surface area contributed by atoms with Gasteiger partial charge in [0.25, 0.3) is 0 Å². The van der Waals surface area contributed by atoms with Gasteiger partial charge >= 0.3 is 0 Å². The Balaban J connectivity index is 0.000000130. The van der Waals surface area contributed by atoms with Crippen LogP contribution in [0.5, 0.6) is 17.2 Å². The van der Waals surface area contributed by atoms with E-state index < -0.39 is 11.9 Å². The average Bonchev–Trinajstić information content (AvgIpc) is 1.09. The van der Waals surface area contributed by atoms with Crippen molar-refractivity contribution < 1.29 is 27.4 Å². The van der Waals surface area contributed by atoms with Crippen LogP contribution in [0.15, 0.2) is 147 Å². The van der Waals surface area contributed by atoms with Crippen LogP contribution in [0.4, 0.5) is 30.6 Å². The number of nitrogens with zero attached hydrogens (tertiary/aromatic N) is 13. The normalized spacial score (nSPS) is 14.8. The van der Waals surface area contributed by atoms with E-state index in [4.69, 9.17) is 31.4 Å². The van der Waals surface area contributed by atoms with E-state index in [-0.39, 0.29) is 41.9 Å². The zero-order valence-electron chi connectivity index (χ0n) is 54.0. The first-order valence-corrected chi connectivity index (χ1v) is 31.4. The summed E-state index contributed by atoms with van der Waals surface area (Å²) in [4.78, 5) is 30.0. The first-order valence-electron chi connectivity index (χ1n) is 31.4. The highest BCUT2D eigenvalue weighted by Gasteiger charge is 2.29. The molecule has 9 aromatic heterocycles. The number of nitrogens with two attached hydrogens (primary N) is 3. The van der Waals surface area contributed by atoms with Gasteiger partial charge in [0.1, 0.15) is 41.8 Å². The molecule has 0 radical (unpaired) electrons. The quantitative estimate of drug-likeness (QED) is 0.145. The summed E-state index contributed by atoms with van der Waals surface area (Å²) >= 11 is 0. The summed E-state index contributed by atoms with van der Waals surface area (Å²) in [5.41, 5.74) is 37.7. The maximum Gasteiger partial charge on any atom is 0.166 e. The van der Waals surface area contributed by atoms with Gasteiger partial charge in [-0.25, -0.2) is 33.1 Å². The maximum atomic E-state index is 15.2. The number of ether oxygens (including phenoxy) is 3. The number of aromatic nitrogens is 12. The third kappa shape index (κ3) is 12.1. The van der Waals surface area contributed by atoms with Gasteiger partial charge in [0.15, 0.2) is 40.4 Å². The van der Waals surface area contributed by atoms with Crippen molar-refractivity contribution in [3.63, 3.8) is 0 Å². The van der Waals surface area contributed by atoms with E-state index in [9.17, 15) is 9.65 Å². The van der Waals surface area contributed by atoms with Crippen LogP contribution in [0.3, 0.4) is 0 Å². The van der Waals surface area contributed by atoms with Crippen molar-refractivity contribution in [2.75, 3.05) is 17.2 Å². The lowest BCUT2D eigenvalue weighted by atomic mass is 9.90. The Morgan fingerprint density at radius 3 is 1.43 bits per heavy atom. The molecule has 15 rings (SSSR count). The Hall–Kier alpha value is -11.7. The van der Waals surface area contributed by atoms with Gasteiger partial charge in [0.05, 0.1) is 66.6 Å². The Kier molecular flexibility index (Phi) is 17.1. The lowest BCUT2D eigenvalue weighted by Gasteiger charge is -2.23. The van der Waals surface area contributed by atoms with Crippen LogP contribution in [-0.4, -0.2) is 59.0 Å². The van der Waals surface area contributed by atoms with Crippen molar-refractivity contribution in [3.05, 3.63) is 232 Å². The number of halogens is 3. The molecule has 0 amide bonds. The Morgan fingerprint density at radius 1 is 0.490 bits per heavy atom. The monoisotopic (exact) mass is 1280 g/mol. The Labute approximate surface area is 552 Å². The minimum Gasteiger partial charge on any atom is -0.482 e. The molecule has 0 saturated carbocycles. The average molecular weight is 1290 g/mol. The van der Waals surface area contributed by atoms with Crippen LogP contribution in [0.2, 0.25) is 0 Å². The number of anilines is 3. The summed E-state index contributed by atoms with van der Waals surface area (Å²) in [6.45, 7) is 17.5. The number of benzene rings is 3. The Bertz CT molecular complexity index is 5050. The highest BCUT2D eigenvalue weighted by molar-refractivity contribution is 5.77. The zero-order chi connectivity index (χ0) is 67.2. The van der Waals surface area contributed by atoms with Crippen LogP contribution < -0.4 is 31.4 Å². The molecule has 3 aromatic carbocycles. The molecule has 22 heteroatoms. The predicted octanol–water partition coefficient (Wildman–Crippen LogP) is 14.6. The minimum atomic E-state index is -0.436. The van der Waals surface area contributed by atoms with Gasteiger partial charge in [-0.1, -0.05) is 71.3 Å². The first-order chi connectivity index (χ1) is 46.4. The van der Waals surface area contributed by atoms with Crippen LogP contribution >= 0.6 is 0 Å². The maximum absolute atomic E-state index is 15.2. The third-order valence-corrected chi connectivity index (χ3v) is 17.5. The lowest BCUT2D eigenvalue weighted by Crippen LogP contribution is -2.11. The second-order valence-corrected chi connectivity index (χ2v) is 24.0. The van der Waals surface area contributed by atoms with Gasteiger partial charge in [0.2, 0.25) is 0 Å². The van der Waals surface area contributed by atoms with Gasteiger partial charge in [0, 0.05) is 129 Å². The van der Waals surface area contributed by atoms with E-state index >= 15 is 8.78 Å². The fourth-order valence-corrected chi connectivity index (χ4v) is 12.9. The number of fused-ring (bicyclic) bond motifs is 21. The number of rotatable bonds is 2. The van der Waals surface area contributed by atoms with E-state index in [2.05, 4.69) is 63.3 Å². The number of nitriles is 1. The second kappa shape index (κ2) is 26.0. The first kappa shape index (κ1) is 63.0. The van der Waals surface area contributed by atoms with Crippen molar-refractivity contribution in [2.45, 2.75) is 106 Å². The second-order valence-electron chi connectivity index (χ2n) is 24.0. The molecule has 96 heavy (non-hydrogen) atoms. The van der Waals surface area contributed by atoms with Gasteiger partial charge in [-0.05, 0) is 96.3 Å². The van der Waals surface area contributed by atoms with Crippen LogP contribution in [0, 0.1) is 49.6 Å². The van der Waals surface area contributed by atoms with Crippen LogP contribution in [0.25, 0.3) is 67.3 Å². The van der Waals surface area contributed by atoms with E-state index in [0.717, 1.165) is 101 Å².